The van der Waals surface area contributed by atoms with Crippen LogP contribution < -0.4 is 10.6 Å². The van der Waals surface area contributed by atoms with E-state index in [-0.39, 0.29) is 12.1 Å². The molecule has 0 spiro atoms. The third-order valence-corrected chi connectivity index (χ3v) is 8.62. The van der Waals surface area contributed by atoms with Gasteiger partial charge in [-0.3, -0.25) is 9.67 Å². The van der Waals surface area contributed by atoms with Gasteiger partial charge in [0.15, 0.2) is 0 Å². The summed E-state index contributed by atoms with van der Waals surface area (Å²) in [4.78, 5) is 7.09. The van der Waals surface area contributed by atoms with Gasteiger partial charge in [0.05, 0.1) is 40.1 Å². The van der Waals surface area contributed by atoms with Crippen molar-refractivity contribution in [2.75, 3.05) is 30.3 Å². The lowest BCUT2D eigenvalue weighted by molar-refractivity contribution is 0.321. The highest BCUT2D eigenvalue weighted by atomic mass is 35.5. The maximum Gasteiger partial charge on any atom is 0.109 e. The fraction of sp³-hybridized carbons (Fsp3) is 0.314. The number of benzene rings is 3. The Labute approximate surface area is 263 Å². The topological polar surface area (TPSA) is 94.7 Å². The van der Waals surface area contributed by atoms with Crippen molar-refractivity contribution in [2.45, 2.75) is 51.2 Å². The zero-order valence-corrected chi connectivity index (χ0v) is 25.7. The summed E-state index contributed by atoms with van der Waals surface area (Å²) in [6.07, 6.45) is 8.11. The first-order valence-electron chi connectivity index (χ1n) is 15.4. The summed E-state index contributed by atoms with van der Waals surface area (Å²) in [7, 11) is 0. The molecule has 2 atom stereocenters. The number of rotatable bonds is 12. The molecule has 2 aromatic heterocycles. The number of pyridine rings is 1. The Kier molecular flexibility index (Phi) is 9.35. The van der Waals surface area contributed by atoms with Crippen molar-refractivity contribution < 1.29 is 0 Å². The van der Waals surface area contributed by atoms with Gasteiger partial charge in [0.2, 0.25) is 0 Å². The average Bonchev–Trinajstić information content (AvgIpc) is 3.76. The van der Waals surface area contributed by atoms with Gasteiger partial charge in [0.1, 0.15) is 11.8 Å². The molecule has 0 aliphatic carbocycles. The summed E-state index contributed by atoms with van der Waals surface area (Å²) in [6, 6.07) is 26.5. The second kappa shape index (κ2) is 13.9. The molecule has 224 valence electrons. The molecular formula is C35H37ClN8. The van der Waals surface area contributed by atoms with Gasteiger partial charge in [-0.2, -0.15) is 5.26 Å². The number of aromatic nitrogens is 4. The highest BCUT2D eigenvalue weighted by Crippen LogP contribution is 2.37. The van der Waals surface area contributed by atoms with Crippen LogP contribution in [0.2, 0.25) is 5.02 Å². The molecule has 0 bridgehead atoms. The van der Waals surface area contributed by atoms with Crippen molar-refractivity contribution in [3.8, 4) is 6.07 Å². The number of hydrogen-bond donors (Lipinski definition) is 2. The minimum atomic E-state index is -0.256. The summed E-state index contributed by atoms with van der Waals surface area (Å²) < 4.78 is 1.94. The maximum atomic E-state index is 10.0. The third kappa shape index (κ3) is 6.70. The number of hydrogen-bond acceptors (Lipinski definition) is 7. The molecule has 0 radical (unpaired) electrons. The van der Waals surface area contributed by atoms with Crippen LogP contribution in [0.5, 0.6) is 0 Å². The van der Waals surface area contributed by atoms with Gasteiger partial charge < -0.3 is 15.5 Å². The van der Waals surface area contributed by atoms with Crippen molar-refractivity contribution in [1.82, 2.24) is 24.9 Å². The molecule has 1 fully saturated rings. The number of aryl methyl sites for hydroxylation is 1. The van der Waals surface area contributed by atoms with Gasteiger partial charge in [0, 0.05) is 23.8 Å². The Morgan fingerprint density at radius 2 is 1.68 bits per heavy atom. The molecule has 44 heavy (non-hydrogen) atoms. The molecule has 8 nitrogen and oxygen atoms in total. The molecule has 0 amide bonds. The smallest absolute Gasteiger partial charge is 0.109 e. The molecule has 9 heteroatoms. The number of likely N-dealkylation sites (tertiary alicyclic amines) is 1. The van der Waals surface area contributed by atoms with Crippen molar-refractivity contribution in [2.24, 2.45) is 0 Å². The normalized spacial score (nSPS) is 14.8. The van der Waals surface area contributed by atoms with Crippen molar-refractivity contribution >= 4 is 33.9 Å². The van der Waals surface area contributed by atoms with Crippen molar-refractivity contribution in [1.29, 1.82) is 5.26 Å². The highest BCUT2D eigenvalue weighted by Gasteiger charge is 2.21. The van der Waals surface area contributed by atoms with Crippen LogP contribution >= 0.6 is 11.6 Å². The molecule has 2 N–H and O–H groups in total. The number of anilines is 2. The monoisotopic (exact) mass is 604 g/mol. The summed E-state index contributed by atoms with van der Waals surface area (Å²) in [5.41, 5.74) is 5.66. The Morgan fingerprint density at radius 3 is 2.39 bits per heavy atom. The molecule has 1 unspecified atom stereocenters. The van der Waals surface area contributed by atoms with E-state index in [0.717, 1.165) is 59.5 Å². The Bertz CT molecular complexity index is 1730. The lowest BCUT2D eigenvalue weighted by Gasteiger charge is -2.22. The Morgan fingerprint density at radius 1 is 0.955 bits per heavy atom. The minimum absolute atomic E-state index is 0.0156. The zero-order chi connectivity index (χ0) is 30.3. The molecular weight excluding hydrogens is 568 g/mol. The van der Waals surface area contributed by atoms with E-state index in [1.807, 2.05) is 59.4 Å². The van der Waals surface area contributed by atoms with Crippen LogP contribution in [0, 0.1) is 11.3 Å². The van der Waals surface area contributed by atoms with Crippen molar-refractivity contribution in [3.63, 3.8) is 0 Å². The van der Waals surface area contributed by atoms with E-state index in [4.69, 9.17) is 11.6 Å². The number of nitrogens with one attached hydrogen (secondary N) is 2. The van der Waals surface area contributed by atoms with Gasteiger partial charge >= 0.3 is 0 Å². The number of nitrogens with zero attached hydrogens (tertiary/aromatic N) is 6. The first kappa shape index (κ1) is 29.6. The molecule has 0 saturated carbocycles. The van der Waals surface area contributed by atoms with Crippen LogP contribution in [-0.2, 0) is 6.54 Å². The first-order chi connectivity index (χ1) is 21.6. The third-order valence-electron chi connectivity index (χ3n) is 8.33. The highest BCUT2D eigenvalue weighted by molar-refractivity contribution is 6.35. The largest absolute Gasteiger partial charge is 0.377 e. The summed E-state index contributed by atoms with van der Waals surface area (Å²) in [5, 5.41) is 27.7. The van der Waals surface area contributed by atoms with Gasteiger partial charge in [0.25, 0.3) is 0 Å². The van der Waals surface area contributed by atoms with E-state index in [0.29, 0.717) is 16.1 Å². The van der Waals surface area contributed by atoms with Gasteiger partial charge in [-0.25, -0.2) is 0 Å². The Hall–Kier alpha value is -4.45. The fourth-order valence-electron chi connectivity index (χ4n) is 6.02. The molecule has 3 aromatic carbocycles. The van der Waals surface area contributed by atoms with Crippen LogP contribution in [0.1, 0.15) is 67.1 Å². The minimum Gasteiger partial charge on any atom is -0.377 e. The van der Waals surface area contributed by atoms with Crippen LogP contribution in [-0.4, -0.2) is 44.5 Å². The number of halogens is 1. The van der Waals surface area contributed by atoms with E-state index in [1.54, 1.807) is 6.20 Å². The second-order valence-electron chi connectivity index (χ2n) is 11.3. The fourth-order valence-corrected chi connectivity index (χ4v) is 6.29. The maximum absolute atomic E-state index is 10.0. The lowest BCUT2D eigenvalue weighted by atomic mass is 10.0. The molecule has 6 rings (SSSR count). The van der Waals surface area contributed by atoms with Gasteiger partial charge in [-0.1, -0.05) is 84.4 Å². The Balaban J connectivity index is 1.32. The van der Waals surface area contributed by atoms with Crippen molar-refractivity contribution in [3.05, 3.63) is 113 Å². The predicted molar refractivity (Wildman–Crippen MR) is 177 cm³/mol. The van der Waals surface area contributed by atoms with E-state index in [9.17, 15) is 5.26 Å². The molecule has 1 saturated heterocycles. The average molecular weight is 605 g/mol. The van der Waals surface area contributed by atoms with Crippen LogP contribution in [0.3, 0.4) is 0 Å². The molecule has 5 aromatic rings. The van der Waals surface area contributed by atoms with E-state index < -0.39 is 0 Å². The second-order valence-corrected chi connectivity index (χ2v) is 11.7. The van der Waals surface area contributed by atoms with Crippen LogP contribution in [0.15, 0.2) is 85.2 Å². The predicted octanol–water partition coefficient (Wildman–Crippen LogP) is 7.60. The lowest BCUT2D eigenvalue weighted by Crippen LogP contribution is -2.21. The number of fused-ring (bicyclic) bond motifs is 1. The number of nitriles is 1. The van der Waals surface area contributed by atoms with Crippen LogP contribution in [0.4, 0.5) is 11.4 Å². The van der Waals surface area contributed by atoms with E-state index in [2.05, 4.69) is 68.1 Å². The summed E-state index contributed by atoms with van der Waals surface area (Å²) >= 11 is 6.86. The summed E-state index contributed by atoms with van der Waals surface area (Å²) in [6.45, 7) is 6.44. The molecule has 1 aliphatic rings. The zero-order valence-electron chi connectivity index (χ0n) is 25.0. The quantitative estimate of drug-likeness (QED) is 0.151. The van der Waals surface area contributed by atoms with Crippen LogP contribution in [0.25, 0.3) is 10.9 Å². The first-order valence-corrected chi connectivity index (χ1v) is 15.8. The standard InChI is InChI=1S/C35H37ClN8/c1-2-31(25-12-5-3-6-13-25)40-33-27(22-37)23-38-35-29(33)20-28(21-30(35)36)39-34(26-14-7-4-8-15-26)32-24-44(42-41-32)19-11-18-43-16-9-10-17-43/h3-8,12-15,20-21,23-24,31,34,39H,2,9-11,16-19H2,1H3,(H,38,40)/t31-,34?/m1/s1. The van der Waals surface area contributed by atoms with Gasteiger partial charge in [-0.15, -0.1) is 5.10 Å². The van der Waals surface area contributed by atoms with E-state index >= 15 is 0 Å². The van der Waals surface area contributed by atoms with E-state index in [1.165, 1.54) is 25.9 Å². The molecule has 1 aliphatic heterocycles. The summed E-state index contributed by atoms with van der Waals surface area (Å²) in [5.74, 6) is 0. The van der Waals surface area contributed by atoms with Gasteiger partial charge in [-0.05, 0) is 68.6 Å². The SMILES string of the molecule is CC[C@@H](Nc1c(C#N)cnc2c(Cl)cc(NC(c3ccccc3)c3cn(CCCN4CCCC4)nn3)cc12)c1ccccc1. The molecule has 3 heterocycles.